The van der Waals surface area contributed by atoms with Crippen LogP contribution >= 0.6 is 0 Å². The molecule has 3 rings (SSSR count). The molecule has 19 heavy (non-hydrogen) atoms. The molecule has 92 valence electrons. The second-order valence-electron chi connectivity index (χ2n) is 4.19. The molecule has 0 aliphatic rings. The van der Waals surface area contributed by atoms with E-state index >= 15 is 0 Å². The maximum atomic E-state index is 5.31. The molecule has 2 heterocycles. The van der Waals surface area contributed by atoms with Crippen molar-refractivity contribution in [3.8, 4) is 0 Å². The van der Waals surface area contributed by atoms with Gasteiger partial charge in [-0.25, -0.2) is 0 Å². The Hall–Kier alpha value is -2.61. The number of furan rings is 1. The fourth-order valence-corrected chi connectivity index (χ4v) is 1.88. The fraction of sp³-hybridized carbons (Fsp3) is 0. The van der Waals surface area contributed by atoms with E-state index < -0.39 is 0 Å². The number of pyridine rings is 1. The van der Waals surface area contributed by atoms with E-state index in [9.17, 15) is 0 Å². The van der Waals surface area contributed by atoms with Crippen LogP contribution in [0.2, 0.25) is 0 Å². The first-order chi connectivity index (χ1) is 9.42. The third-order valence-corrected chi connectivity index (χ3v) is 2.83. The summed E-state index contributed by atoms with van der Waals surface area (Å²) < 4.78 is 5.31. The zero-order chi connectivity index (χ0) is 12.9. The zero-order valence-corrected chi connectivity index (χ0v) is 10.4. The molecule has 2 aromatic heterocycles. The predicted molar refractivity (Wildman–Crippen MR) is 78.5 cm³/mol. The maximum absolute atomic E-state index is 5.31. The molecule has 0 saturated heterocycles. The number of allylic oxidation sites excluding steroid dienone is 2. The Morgan fingerprint density at radius 1 is 0.947 bits per heavy atom. The summed E-state index contributed by atoms with van der Waals surface area (Å²) in [6, 6.07) is 14.0. The molecule has 0 atom stereocenters. The van der Waals surface area contributed by atoms with E-state index in [2.05, 4.69) is 17.1 Å². The molecular weight excluding hydrogens is 234 g/mol. The van der Waals surface area contributed by atoms with Crippen LogP contribution in [-0.2, 0) is 0 Å². The molecule has 0 unspecified atom stereocenters. The normalized spacial score (nSPS) is 11.8. The number of aromatic nitrogens is 1. The number of hydrogen-bond acceptors (Lipinski definition) is 2. The van der Waals surface area contributed by atoms with Crippen LogP contribution in [0.25, 0.3) is 23.1 Å². The molecule has 0 aliphatic carbocycles. The van der Waals surface area contributed by atoms with Gasteiger partial charge in [-0.1, -0.05) is 30.4 Å². The van der Waals surface area contributed by atoms with Crippen molar-refractivity contribution in [2.24, 2.45) is 0 Å². The minimum Gasteiger partial charge on any atom is -0.464 e. The van der Waals surface area contributed by atoms with Gasteiger partial charge in [-0.05, 0) is 42.0 Å². The van der Waals surface area contributed by atoms with Crippen molar-refractivity contribution >= 4 is 23.1 Å². The van der Waals surface area contributed by atoms with Crippen LogP contribution in [0.4, 0.5) is 0 Å². The first-order valence-corrected chi connectivity index (χ1v) is 6.15. The van der Waals surface area contributed by atoms with Gasteiger partial charge in [-0.3, -0.25) is 4.98 Å². The van der Waals surface area contributed by atoms with Crippen LogP contribution in [-0.4, -0.2) is 4.98 Å². The summed E-state index contributed by atoms with van der Waals surface area (Å²) in [5.41, 5.74) is 3.03. The highest BCUT2D eigenvalue weighted by Gasteiger charge is 1.95. The van der Waals surface area contributed by atoms with E-state index in [1.807, 2.05) is 54.6 Å². The Labute approximate surface area is 111 Å². The van der Waals surface area contributed by atoms with E-state index in [0.29, 0.717) is 0 Å². The van der Waals surface area contributed by atoms with Crippen LogP contribution in [0, 0.1) is 0 Å². The van der Waals surface area contributed by atoms with Gasteiger partial charge >= 0.3 is 0 Å². The summed E-state index contributed by atoms with van der Waals surface area (Å²) in [5.74, 6) is 0. The number of nitrogens with zero attached hydrogens (tertiary/aromatic N) is 1. The molecule has 0 spiro atoms. The Morgan fingerprint density at radius 2 is 1.89 bits per heavy atom. The Morgan fingerprint density at radius 3 is 2.79 bits per heavy atom. The summed E-state index contributed by atoms with van der Waals surface area (Å²) in [7, 11) is 0. The number of hydrogen-bond donors (Lipinski definition) is 0. The number of rotatable bonds is 3. The van der Waals surface area contributed by atoms with Crippen LogP contribution < -0.4 is 0 Å². The average Bonchev–Trinajstić information content (AvgIpc) is 2.92. The average molecular weight is 247 g/mol. The minimum atomic E-state index is 0.918. The molecule has 0 saturated carbocycles. The predicted octanol–water partition coefficient (Wildman–Crippen LogP) is 4.55. The second kappa shape index (κ2) is 5.36. The minimum absolute atomic E-state index is 0.918. The van der Waals surface area contributed by atoms with Crippen molar-refractivity contribution in [1.29, 1.82) is 0 Å². The van der Waals surface area contributed by atoms with Crippen molar-refractivity contribution in [3.05, 3.63) is 78.3 Å². The number of benzene rings is 1. The van der Waals surface area contributed by atoms with Gasteiger partial charge in [0.05, 0.1) is 12.0 Å². The van der Waals surface area contributed by atoms with Gasteiger partial charge in [0.2, 0.25) is 0 Å². The summed E-state index contributed by atoms with van der Waals surface area (Å²) in [5, 5.41) is 1.12. The van der Waals surface area contributed by atoms with Crippen LogP contribution in [0.5, 0.6) is 0 Å². The van der Waals surface area contributed by atoms with Crippen LogP contribution in [0.15, 0.2) is 71.5 Å². The standard InChI is InChI=1S/C17H13NO/c1(2-6-16-7-3-4-11-18-16)5-14-8-9-17-15(13-14)10-12-19-17/h1-13H. The largest absolute Gasteiger partial charge is 0.464 e. The lowest BCUT2D eigenvalue weighted by molar-refractivity contribution is 0.616. The van der Waals surface area contributed by atoms with E-state index in [-0.39, 0.29) is 0 Å². The summed E-state index contributed by atoms with van der Waals surface area (Å²) >= 11 is 0. The summed E-state index contributed by atoms with van der Waals surface area (Å²) in [4.78, 5) is 4.22. The quantitative estimate of drug-likeness (QED) is 0.634. The summed E-state index contributed by atoms with van der Waals surface area (Å²) in [6.45, 7) is 0. The van der Waals surface area contributed by atoms with E-state index in [1.54, 1.807) is 12.5 Å². The zero-order valence-electron chi connectivity index (χ0n) is 10.4. The lowest BCUT2D eigenvalue weighted by atomic mass is 10.1. The monoisotopic (exact) mass is 247 g/mol. The first-order valence-electron chi connectivity index (χ1n) is 6.15. The highest BCUT2D eigenvalue weighted by molar-refractivity contribution is 5.80. The molecule has 3 aromatic rings. The maximum Gasteiger partial charge on any atom is 0.133 e. The lowest BCUT2D eigenvalue weighted by Gasteiger charge is -1.92. The molecule has 1 aromatic carbocycles. The van der Waals surface area contributed by atoms with Crippen LogP contribution in [0.1, 0.15) is 11.3 Å². The molecular formula is C17H13NO. The number of fused-ring (bicyclic) bond motifs is 1. The Bertz CT molecular complexity index is 723. The van der Waals surface area contributed by atoms with Crippen molar-refractivity contribution in [2.75, 3.05) is 0 Å². The molecule has 0 amide bonds. The van der Waals surface area contributed by atoms with Crippen molar-refractivity contribution in [3.63, 3.8) is 0 Å². The Balaban J connectivity index is 1.73. The van der Waals surface area contributed by atoms with Gasteiger partial charge in [0, 0.05) is 11.6 Å². The van der Waals surface area contributed by atoms with Crippen LogP contribution in [0.3, 0.4) is 0 Å². The molecule has 0 bridgehead atoms. The van der Waals surface area contributed by atoms with Crippen molar-refractivity contribution < 1.29 is 4.42 Å². The molecule has 2 heteroatoms. The van der Waals surface area contributed by atoms with Crippen molar-refractivity contribution in [1.82, 2.24) is 4.98 Å². The molecule has 0 radical (unpaired) electrons. The third kappa shape index (κ3) is 2.80. The van der Waals surface area contributed by atoms with E-state index in [0.717, 1.165) is 22.2 Å². The lowest BCUT2D eigenvalue weighted by Crippen LogP contribution is -1.75. The second-order valence-corrected chi connectivity index (χ2v) is 4.19. The fourth-order valence-electron chi connectivity index (χ4n) is 1.88. The first kappa shape index (κ1) is 11.5. The van der Waals surface area contributed by atoms with E-state index in [4.69, 9.17) is 4.42 Å². The topological polar surface area (TPSA) is 26.0 Å². The molecule has 0 fully saturated rings. The van der Waals surface area contributed by atoms with Gasteiger partial charge in [-0.2, -0.15) is 0 Å². The van der Waals surface area contributed by atoms with Crippen molar-refractivity contribution in [2.45, 2.75) is 0 Å². The highest BCUT2D eigenvalue weighted by Crippen LogP contribution is 2.17. The van der Waals surface area contributed by atoms with E-state index in [1.165, 1.54) is 0 Å². The third-order valence-electron chi connectivity index (χ3n) is 2.83. The molecule has 2 nitrogen and oxygen atoms in total. The molecule has 0 N–H and O–H groups in total. The van der Waals surface area contributed by atoms with Gasteiger partial charge in [0.25, 0.3) is 0 Å². The van der Waals surface area contributed by atoms with Gasteiger partial charge in [0.1, 0.15) is 5.58 Å². The smallest absolute Gasteiger partial charge is 0.133 e. The van der Waals surface area contributed by atoms with Gasteiger partial charge < -0.3 is 4.42 Å². The SMILES string of the molecule is C(C=Cc1ccccn1)=Cc1ccc2occc2c1. The molecule has 0 aliphatic heterocycles. The highest BCUT2D eigenvalue weighted by atomic mass is 16.3. The van der Waals surface area contributed by atoms with Gasteiger partial charge in [-0.15, -0.1) is 0 Å². The summed E-state index contributed by atoms with van der Waals surface area (Å²) in [6.07, 6.45) is 11.5. The Kier molecular flexibility index (Phi) is 3.24. The van der Waals surface area contributed by atoms with Gasteiger partial charge in [0.15, 0.2) is 0 Å².